The normalized spacial score (nSPS) is 24.1. The van der Waals surface area contributed by atoms with Crippen molar-refractivity contribution in [3.63, 3.8) is 0 Å². The lowest BCUT2D eigenvalue weighted by molar-refractivity contribution is -0.117. The van der Waals surface area contributed by atoms with E-state index in [-0.39, 0.29) is 5.54 Å². The summed E-state index contributed by atoms with van der Waals surface area (Å²) in [6, 6.07) is 0.465. The van der Waals surface area contributed by atoms with Crippen molar-refractivity contribution in [2.45, 2.75) is 72.4 Å². The van der Waals surface area contributed by atoms with Crippen molar-refractivity contribution in [2.75, 3.05) is 6.54 Å². The zero-order chi connectivity index (χ0) is 12.6. The highest BCUT2D eigenvalue weighted by Crippen LogP contribution is 2.31. The number of ketones is 1. The van der Waals surface area contributed by atoms with Crippen LogP contribution in [0.1, 0.15) is 60.8 Å². The van der Waals surface area contributed by atoms with Gasteiger partial charge in [-0.25, -0.2) is 0 Å². The van der Waals surface area contributed by atoms with Crippen molar-refractivity contribution < 1.29 is 4.79 Å². The van der Waals surface area contributed by atoms with Gasteiger partial charge in [0.15, 0.2) is 0 Å². The molecule has 16 heavy (non-hydrogen) atoms. The van der Waals surface area contributed by atoms with Crippen molar-refractivity contribution in [1.82, 2.24) is 4.90 Å². The Morgan fingerprint density at radius 2 is 1.75 bits per heavy atom. The topological polar surface area (TPSA) is 20.3 Å². The quantitative estimate of drug-likeness (QED) is 0.719. The Bertz CT molecular complexity index is 257. The number of carbonyl (C=O) groups excluding carboxylic acids is 1. The van der Waals surface area contributed by atoms with Gasteiger partial charge in [-0.15, -0.1) is 0 Å². The second kappa shape index (κ2) is 4.48. The van der Waals surface area contributed by atoms with E-state index in [2.05, 4.69) is 46.4 Å². The fourth-order valence-electron chi connectivity index (χ4n) is 2.40. The zero-order valence-corrected chi connectivity index (χ0v) is 11.8. The molecule has 0 aromatic carbocycles. The van der Waals surface area contributed by atoms with Crippen molar-refractivity contribution in [3.8, 4) is 0 Å². The van der Waals surface area contributed by atoms with Crippen LogP contribution in [0, 0.1) is 5.41 Å². The molecule has 0 amide bonds. The predicted molar refractivity (Wildman–Crippen MR) is 68.6 cm³/mol. The van der Waals surface area contributed by atoms with E-state index in [4.69, 9.17) is 0 Å². The average molecular weight is 225 g/mol. The minimum Gasteiger partial charge on any atom is -0.298 e. The molecule has 1 unspecified atom stereocenters. The summed E-state index contributed by atoms with van der Waals surface area (Å²) >= 11 is 0. The smallest absolute Gasteiger partial charge is 0.148 e. The molecule has 0 aromatic heterocycles. The number of nitrogens with zero attached hydrogens (tertiary/aromatic N) is 1. The molecular formula is C14H27NO. The number of Topliss-reactive ketones (excluding diaryl/α,β-unsaturated/α-hetero) is 1. The van der Waals surface area contributed by atoms with Crippen molar-refractivity contribution >= 4 is 5.78 Å². The summed E-state index contributed by atoms with van der Waals surface area (Å²) in [7, 11) is 0. The molecule has 0 aromatic rings. The highest BCUT2D eigenvalue weighted by molar-refractivity contribution is 5.83. The van der Waals surface area contributed by atoms with Crippen molar-refractivity contribution in [3.05, 3.63) is 0 Å². The third-order valence-electron chi connectivity index (χ3n) is 3.34. The Morgan fingerprint density at radius 3 is 2.19 bits per heavy atom. The van der Waals surface area contributed by atoms with E-state index in [0.29, 0.717) is 23.8 Å². The summed E-state index contributed by atoms with van der Waals surface area (Å²) < 4.78 is 0. The molecule has 0 radical (unpaired) electrons. The van der Waals surface area contributed by atoms with Crippen molar-refractivity contribution in [1.29, 1.82) is 0 Å². The second-order valence-electron chi connectivity index (χ2n) is 7.29. The van der Waals surface area contributed by atoms with Crippen molar-refractivity contribution in [2.24, 2.45) is 5.41 Å². The molecule has 1 aliphatic heterocycles. The largest absolute Gasteiger partial charge is 0.298 e. The lowest BCUT2D eigenvalue weighted by Crippen LogP contribution is -2.45. The Balaban J connectivity index is 2.61. The highest BCUT2D eigenvalue weighted by atomic mass is 16.1. The Morgan fingerprint density at radius 1 is 1.19 bits per heavy atom. The van der Waals surface area contributed by atoms with Gasteiger partial charge < -0.3 is 0 Å². The lowest BCUT2D eigenvalue weighted by atomic mass is 9.87. The van der Waals surface area contributed by atoms with Crippen LogP contribution in [0.15, 0.2) is 0 Å². The molecule has 2 nitrogen and oxygen atoms in total. The number of likely N-dealkylation sites (tertiary alicyclic amines) is 1. The molecule has 0 aliphatic carbocycles. The fraction of sp³-hybridized carbons (Fsp3) is 0.929. The Kier molecular flexibility index (Phi) is 3.83. The van der Waals surface area contributed by atoms with E-state index in [1.54, 1.807) is 0 Å². The Labute approximate surface area is 100 Å². The van der Waals surface area contributed by atoms with Crippen LogP contribution in [-0.2, 0) is 4.79 Å². The first-order chi connectivity index (χ1) is 7.09. The standard InChI is InChI=1S/C14H27NO/c1-13(2,3)8-7-11-9-12(16)10-15(11)14(4,5)6/h11H,7-10H2,1-6H3. The first-order valence-electron chi connectivity index (χ1n) is 6.38. The van der Waals surface area contributed by atoms with Crippen LogP contribution in [-0.4, -0.2) is 28.8 Å². The van der Waals surface area contributed by atoms with Crippen LogP contribution in [0.25, 0.3) is 0 Å². The molecule has 1 heterocycles. The van der Waals surface area contributed by atoms with Gasteiger partial charge in [-0.05, 0) is 39.0 Å². The summed E-state index contributed by atoms with van der Waals surface area (Å²) in [5.74, 6) is 0.411. The molecule has 1 rings (SSSR count). The molecule has 0 spiro atoms. The average Bonchev–Trinajstić information content (AvgIpc) is 2.41. The van der Waals surface area contributed by atoms with Crippen LogP contribution in [0.3, 0.4) is 0 Å². The van der Waals surface area contributed by atoms with Crippen LogP contribution in [0.4, 0.5) is 0 Å². The number of carbonyl (C=O) groups is 1. The van der Waals surface area contributed by atoms with Crippen LogP contribution < -0.4 is 0 Å². The molecule has 1 saturated heterocycles. The molecule has 2 heteroatoms. The van der Waals surface area contributed by atoms with E-state index in [1.165, 1.54) is 6.42 Å². The van der Waals surface area contributed by atoms with E-state index in [1.807, 2.05) is 0 Å². The lowest BCUT2D eigenvalue weighted by Gasteiger charge is -2.37. The van der Waals surface area contributed by atoms with Gasteiger partial charge in [0.2, 0.25) is 0 Å². The van der Waals surface area contributed by atoms with Gasteiger partial charge >= 0.3 is 0 Å². The summed E-state index contributed by atoms with van der Waals surface area (Å²) in [6.45, 7) is 14.1. The maximum Gasteiger partial charge on any atom is 0.148 e. The molecule has 0 saturated carbocycles. The summed E-state index contributed by atoms with van der Waals surface area (Å²) in [4.78, 5) is 14.0. The van der Waals surface area contributed by atoms with E-state index >= 15 is 0 Å². The zero-order valence-electron chi connectivity index (χ0n) is 11.8. The first-order valence-corrected chi connectivity index (χ1v) is 6.38. The molecule has 0 bridgehead atoms. The molecule has 94 valence electrons. The number of hydrogen-bond acceptors (Lipinski definition) is 2. The van der Waals surface area contributed by atoms with Gasteiger partial charge in [0.05, 0.1) is 6.54 Å². The van der Waals surface area contributed by atoms with Gasteiger partial charge in [-0.1, -0.05) is 20.8 Å². The van der Waals surface area contributed by atoms with E-state index in [9.17, 15) is 4.79 Å². The SMILES string of the molecule is CC(C)(C)CCC1CC(=O)CN1C(C)(C)C. The third kappa shape index (κ3) is 3.89. The van der Waals surface area contributed by atoms with E-state index in [0.717, 1.165) is 12.8 Å². The maximum absolute atomic E-state index is 11.6. The van der Waals surface area contributed by atoms with Gasteiger partial charge in [-0.2, -0.15) is 0 Å². The summed E-state index contributed by atoms with van der Waals surface area (Å²) in [6.07, 6.45) is 3.09. The monoisotopic (exact) mass is 225 g/mol. The molecular weight excluding hydrogens is 198 g/mol. The minimum absolute atomic E-state index is 0.120. The number of hydrogen-bond donors (Lipinski definition) is 0. The summed E-state index contributed by atoms with van der Waals surface area (Å²) in [5.41, 5.74) is 0.490. The summed E-state index contributed by atoms with van der Waals surface area (Å²) in [5, 5.41) is 0. The fourth-order valence-corrected chi connectivity index (χ4v) is 2.40. The molecule has 0 N–H and O–H groups in total. The van der Waals surface area contributed by atoms with Crippen LogP contribution in [0.2, 0.25) is 0 Å². The van der Waals surface area contributed by atoms with Crippen LogP contribution in [0.5, 0.6) is 0 Å². The van der Waals surface area contributed by atoms with Gasteiger partial charge in [-0.3, -0.25) is 9.69 Å². The second-order valence-corrected chi connectivity index (χ2v) is 7.29. The predicted octanol–water partition coefficient (Wildman–Crippen LogP) is 3.25. The third-order valence-corrected chi connectivity index (χ3v) is 3.34. The van der Waals surface area contributed by atoms with E-state index < -0.39 is 0 Å². The molecule has 1 fully saturated rings. The van der Waals surface area contributed by atoms with Crippen LogP contribution >= 0.6 is 0 Å². The van der Waals surface area contributed by atoms with Gasteiger partial charge in [0.1, 0.15) is 5.78 Å². The minimum atomic E-state index is 0.120. The maximum atomic E-state index is 11.6. The molecule has 1 atom stereocenters. The molecule has 1 aliphatic rings. The first kappa shape index (κ1) is 13.7. The number of rotatable bonds is 2. The Hall–Kier alpha value is -0.370. The van der Waals surface area contributed by atoms with Gasteiger partial charge in [0.25, 0.3) is 0 Å². The van der Waals surface area contributed by atoms with Gasteiger partial charge in [0, 0.05) is 18.0 Å². The highest BCUT2D eigenvalue weighted by Gasteiger charge is 2.37.